The minimum Gasteiger partial charge on any atom is -0.356 e. The van der Waals surface area contributed by atoms with Gasteiger partial charge in [0.05, 0.1) is 6.20 Å². The van der Waals surface area contributed by atoms with Crippen molar-refractivity contribution in [2.24, 2.45) is 0 Å². The number of aromatic nitrogens is 1. The Morgan fingerprint density at radius 2 is 1.41 bits per heavy atom. The number of para-hydroxylation sites is 1. The van der Waals surface area contributed by atoms with Crippen LogP contribution in [0.25, 0.3) is 21.7 Å². The number of nitrogens with zero attached hydrogens (tertiary/aromatic N) is 1. The van der Waals surface area contributed by atoms with Crippen LogP contribution in [0.5, 0.6) is 0 Å². The topological polar surface area (TPSA) is 26.0 Å². The van der Waals surface area contributed by atoms with Gasteiger partial charge in [0.1, 0.15) is 0 Å². The number of hydrogen-bond acceptors (Lipinski definition) is 2. The van der Waals surface area contributed by atoms with E-state index in [2.05, 4.69) is 17.3 Å². The first-order valence-electron chi connectivity index (χ1n) is 5.50. The van der Waals surface area contributed by atoms with Gasteiger partial charge < -0.3 is 4.52 Å². The Bertz CT molecular complexity index is 653. The molecule has 3 rings (SSSR count). The summed E-state index contributed by atoms with van der Waals surface area (Å²) in [4.78, 5) is 0. The van der Waals surface area contributed by atoms with E-state index in [0.29, 0.717) is 0 Å². The second-order valence-electron chi connectivity index (χ2n) is 3.79. The lowest BCUT2D eigenvalue weighted by Crippen LogP contribution is -1.71. The summed E-state index contributed by atoms with van der Waals surface area (Å²) in [6.07, 6.45) is 1.65. The second-order valence-corrected chi connectivity index (χ2v) is 3.79. The van der Waals surface area contributed by atoms with Crippen molar-refractivity contribution in [2.45, 2.75) is 0 Å². The zero-order valence-electron chi connectivity index (χ0n) is 9.21. The molecule has 2 nitrogen and oxygen atoms in total. The van der Waals surface area contributed by atoms with Crippen molar-refractivity contribution in [2.75, 3.05) is 0 Å². The standard InChI is InChI=1S/C15H11NO/c1-2-8-13-12(6-1)7-5-11-16-17-15-10-4-3-9-14(13)15/h1-11H. The van der Waals surface area contributed by atoms with E-state index >= 15 is 0 Å². The Morgan fingerprint density at radius 1 is 0.706 bits per heavy atom. The van der Waals surface area contributed by atoms with Crippen molar-refractivity contribution in [3.63, 3.8) is 0 Å². The van der Waals surface area contributed by atoms with Gasteiger partial charge in [-0.2, -0.15) is 0 Å². The molecule has 82 valence electrons. The highest BCUT2D eigenvalue weighted by molar-refractivity contribution is 6.03. The minimum atomic E-state index is 0.778. The predicted octanol–water partition coefficient (Wildman–Crippen LogP) is 4.11. The maximum absolute atomic E-state index is 5.38. The number of rotatable bonds is 0. The highest BCUT2D eigenvalue weighted by Crippen LogP contribution is 2.21. The first kappa shape index (κ1) is 9.85. The summed E-state index contributed by atoms with van der Waals surface area (Å²) in [6, 6.07) is 20.1. The average Bonchev–Trinajstić information content (AvgIpc) is 2.47. The van der Waals surface area contributed by atoms with Crippen LogP contribution in [0, 0.1) is 0 Å². The molecule has 0 fully saturated rings. The molecule has 2 aromatic carbocycles. The van der Waals surface area contributed by atoms with Gasteiger partial charge in [-0.15, -0.1) is 0 Å². The van der Waals surface area contributed by atoms with Gasteiger partial charge in [-0.05, 0) is 22.9 Å². The van der Waals surface area contributed by atoms with Gasteiger partial charge in [0.15, 0.2) is 5.58 Å². The van der Waals surface area contributed by atoms with Gasteiger partial charge in [0.2, 0.25) is 0 Å². The monoisotopic (exact) mass is 221 g/mol. The van der Waals surface area contributed by atoms with Crippen molar-refractivity contribution in [1.29, 1.82) is 0 Å². The van der Waals surface area contributed by atoms with Crippen LogP contribution < -0.4 is 0 Å². The molecule has 0 N–H and O–H groups in total. The van der Waals surface area contributed by atoms with Gasteiger partial charge in [0, 0.05) is 5.39 Å². The highest BCUT2D eigenvalue weighted by atomic mass is 16.5. The summed E-state index contributed by atoms with van der Waals surface area (Å²) in [5, 5.41) is 7.29. The number of benzene rings is 2. The van der Waals surface area contributed by atoms with Gasteiger partial charge >= 0.3 is 0 Å². The minimum absolute atomic E-state index is 0.778. The number of hydrogen-bond donors (Lipinski definition) is 0. The lowest BCUT2D eigenvalue weighted by molar-refractivity contribution is 0.445. The molecule has 1 heterocycles. The molecule has 0 saturated carbocycles. The quantitative estimate of drug-likeness (QED) is 0.571. The summed E-state index contributed by atoms with van der Waals surface area (Å²) >= 11 is 0. The van der Waals surface area contributed by atoms with E-state index < -0.39 is 0 Å². The van der Waals surface area contributed by atoms with E-state index in [4.69, 9.17) is 4.52 Å². The molecule has 0 atom stereocenters. The van der Waals surface area contributed by atoms with Crippen molar-refractivity contribution < 1.29 is 4.52 Å². The molecule has 2 heteroatoms. The normalized spacial score (nSPS) is 10.4. The smallest absolute Gasteiger partial charge is 0.165 e. The third kappa shape index (κ3) is 1.85. The summed E-state index contributed by atoms with van der Waals surface area (Å²) in [5.74, 6) is 0. The molecule has 0 amide bonds. The zero-order chi connectivity index (χ0) is 11.5. The molecule has 1 aromatic heterocycles. The Kier molecular flexibility index (Phi) is 2.47. The Labute approximate surface area is 98.8 Å². The van der Waals surface area contributed by atoms with Crippen LogP contribution in [-0.2, 0) is 0 Å². The molecule has 0 aliphatic rings. The molecule has 0 saturated heterocycles. The number of fused-ring (bicyclic) bond motifs is 3. The Morgan fingerprint density at radius 3 is 2.35 bits per heavy atom. The largest absolute Gasteiger partial charge is 0.356 e. The van der Waals surface area contributed by atoms with Crippen LogP contribution in [0.1, 0.15) is 0 Å². The first-order chi connectivity index (χ1) is 8.45. The lowest BCUT2D eigenvalue weighted by atomic mass is 10.1. The van der Waals surface area contributed by atoms with E-state index in [0.717, 1.165) is 21.7 Å². The maximum atomic E-state index is 5.38. The molecule has 0 aliphatic carbocycles. The van der Waals surface area contributed by atoms with Crippen LogP contribution >= 0.6 is 0 Å². The van der Waals surface area contributed by atoms with Crippen LogP contribution in [0.4, 0.5) is 0 Å². The molecule has 17 heavy (non-hydrogen) atoms. The third-order valence-corrected chi connectivity index (χ3v) is 2.71. The van der Waals surface area contributed by atoms with Crippen LogP contribution in [0.2, 0.25) is 0 Å². The van der Waals surface area contributed by atoms with E-state index in [1.165, 1.54) is 0 Å². The summed E-state index contributed by atoms with van der Waals surface area (Å²) in [6.45, 7) is 0. The third-order valence-electron chi connectivity index (χ3n) is 2.71. The van der Waals surface area contributed by atoms with Crippen LogP contribution in [-0.4, -0.2) is 5.16 Å². The van der Waals surface area contributed by atoms with E-state index in [1.54, 1.807) is 6.20 Å². The Balaban J connectivity index is 2.63. The summed E-state index contributed by atoms with van der Waals surface area (Å²) in [5.41, 5.74) is 0.778. The highest BCUT2D eigenvalue weighted by Gasteiger charge is 1.96. The van der Waals surface area contributed by atoms with E-state index in [1.807, 2.05) is 48.5 Å². The second kappa shape index (κ2) is 4.26. The molecule has 0 aliphatic heterocycles. The molecule has 0 unspecified atom stereocenters. The van der Waals surface area contributed by atoms with Crippen LogP contribution in [0.3, 0.4) is 0 Å². The van der Waals surface area contributed by atoms with Crippen molar-refractivity contribution in [1.82, 2.24) is 5.16 Å². The average molecular weight is 221 g/mol. The van der Waals surface area contributed by atoms with Gasteiger partial charge in [0.25, 0.3) is 0 Å². The maximum Gasteiger partial charge on any atom is 0.165 e. The van der Waals surface area contributed by atoms with Gasteiger partial charge in [-0.3, -0.25) is 0 Å². The van der Waals surface area contributed by atoms with Crippen molar-refractivity contribution in [3.8, 4) is 0 Å². The fourth-order valence-electron chi connectivity index (χ4n) is 1.93. The van der Waals surface area contributed by atoms with Gasteiger partial charge in [-0.25, -0.2) is 0 Å². The predicted molar refractivity (Wildman–Crippen MR) is 69.1 cm³/mol. The molecule has 0 bridgehead atoms. The zero-order valence-corrected chi connectivity index (χ0v) is 9.21. The van der Waals surface area contributed by atoms with E-state index in [-0.39, 0.29) is 0 Å². The Hall–Kier alpha value is -2.35. The summed E-state index contributed by atoms with van der Waals surface area (Å²) in [7, 11) is 0. The lowest BCUT2D eigenvalue weighted by Gasteiger charge is -1.96. The SMILES string of the molecule is c1ccc2c(c1)cccnoc1ccccc12. The fourth-order valence-corrected chi connectivity index (χ4v) is 1.93. The van der Waals surface area contributed by atoms with Gasteiger partial charge in [-0.1, -0.05) is 53.7 Å². The molecule has 0 radical (unpaired) electrons. The van der Waals surface area contributed by atoms with Crippen molar-refractivity contribution >= 4 is 21.7 Å². The molecule has 0 spiro atoms. The molecular formula is C15H11NO. The van der Waals surface area contributed by atoms with Crippen molar-refractivity contribution in [3.05, 3.63) is 66.9 Å². The summed E-state index contributed by atoms with van der Waals surface area (Å²) < 4.78 is 5.38. The van der Waals surface area contributed by atoms with E-state index in [9.17, 15) is 0 Å². The fraction of sp³-hybridized carbons (Fsp3) is 0. The first-order valence-corrected chi connectivity index (χ1v) is 5.50. The van der Waals surface area contributed by atoms with Crippen LogP contribution in [0.15, 0.2) is 71.4 Å². The molecule has 3 aromatic rings. The molecular weight excluding hydrogens is 210 g/mol.